The monoisotopic (exact) mass is 424 g/mol. The van der Waals surface area contributed by atoms with Crippen LogP contribution in [0.3, 0.4) is 0 Å². The van der Waals surface area contributed by atoms with Crippen LogP contribution in [0.5, 0.6) is 0 Å². The molecule has 0 aliphatic rings. The van der Waals surface area contributed by atoms with E-state index in [1.54, 1.807) is 32.5 Å². The first-order valence-electron chi connectivity index (χ1n) is 10.3. The summed E-state index contributed by atoms with van der Waals surface area (Å²) in [6.45, 7) is 4.80. The Morgan fingerprint density at radius 2 is 1.84 bits per heavy atom. The van der Waals surface area contributed by atoms with Gasteiger partial charge < -0.3 is 14.6 Å². The normalized spacial score (nSPS) is 11.6. The predicted molar refractivity (Wildman–Crippen MR) is 116 cm³/mol. The van der Waals surface area contributed by atoms with E-state index in [0.29, 0.717) is 24.4 Å². The first kappa shape index (κ1) is 22.6. The van der Waals surface area contributed by atoms with Crippen molar-refractivity contribution in [3.63, 3.8) is 0 Å². The number of aromatic carboxylic acids is 1. The first-order valence-corrected chi connectivity index (χ1v) is 10.3. The van der Waals surface area contributed by atoms with Crippen LogP contribution in [0, 0.1) is 0 Å². The van der Waals surface area contributed by atoms with Crippen LogP contribution in [0.15, 0.2) is 42.6 Å². The Bertz CT molecular complexity index is 1020. The zero-order valence-electron chi connectivity index (χ0n) is 18.3. The number of carboxylic acids is 1. The fraction of sp³-hybridized carbons (Fsp3) is 0.391. The number of hydrogen-bond donors (Lipinski definition) is 1. The van der Waals surface area contributed by atoms with Gasteiger partial charge in [0.25, 0.3) is 0 Å². The molecule has 0 saturated heterocycles. The second-order valence-corrected chi connectivity index (χ2v) is 7.17. The molecule has 0 aliphatic heterocycles. The van der Waals surface area contributed by atoms with Crippen molar-refractivity contribution >= 4 is 5.97 Å². The average Bonchev–Trinajstić information content (AvgIpc) is 3.19. The van der Waals surface area contributed by atoms with Gasteiger partial charge in [0.15, 0.2) is 0 Å². The van der Waals surface area contributed by atoms with Gasteiger partial charge in [-0.3, -0.25) is 4.98 Å². The molecule has 0 spiro atoms. The molecule has 3 aromatic rings. The summed E-state index contributed by atoms with van der Waals surface area (Å²) in [5.41, 5.74) is 2.41. The smallest absolute Gasteiger partial charge is 0.337 e. The summed E-state index contributed by atoms with van der Waals surface area (Å²) in [7, 11) is 3.18. The van der Waals surface area contributed by atoms with Crippen LogP contribution in [0.2, 0.25) is 0 Å². The molecule has 1 aromatic carbocycles. The summed E-state index contributed by atoms with van der Waals surface area (Å²) in [5, 5.41) is 14.1. The molecular formula is C23H28N4O4. The average molecular weight is 425 g/mol. The SMILES string of the molecule is CCCn1nc(C(CC)(OC)OC)nc1Cc1ccc(-c2ncccc2C(=O)O)cc1. The Hall–Kier alpha value is -3.10. The molecule has 0 saturated carbocycles. The Labute approximate surface area is 181 Å². The van der Waals surface area contributed by atoms with E-state index in [4.69, 9.17) is 14.5 Å². The number of methoxy groups -OCH3 is 2. The van der Waals surface area contributed by atoms with Gasteiger partial charge >= 0.3 is 5.97 Å². The summed E-state index contributed by atoms with van der Waals surface area (Å²) >= 11 is 0. The Morgan fingerprint density at radius 1 is 1.13 bits per heavy atom. The van der Waals surface area contributed by atoms with Crippen molar-refractivity contribution in [1.82, 2.24) is 19.7 Å². The van der Waals surface area contributed by atoms with Crippen molar-refractivity contribution in [3.8, 4) is 11.3 Å². The summed E-state index contributed by atoms with van der Waals surface area (Å²) in [6, 6.07) is 10.9. The lowest BCUT2D eigenvalue weighted by atomic mass is 10.0. The van der Waals surface area contributed by atoms with Gasteiger partial charge in [0.2, 0.25) is 11.6 Å². The standard InChI is InChI=1S/C23H28N4O4/c1-5-14-27-19(25-22(26-27)23(6-2,30-3)31-4)15-16-9-11-17(12-10-16)20-18(21(28)29)8-7-13-24-20/h7-13H,5-6,14-15H2,1-4H3,(H,28,29). The lowest BCUT2D eigenvalue weighted by Gasteiger charge is -2.26. The van der Waals surface area contributed by atoms with Gasteiger partial charge in [0.1, 0.15) is 5.82 Å². The molecule has 8 nitrogen and oxygen atoms in total. The molecule has 2 heterocycles. The second kappa shape index (κ2) is 9.80. The highest BCUT2D eigenvalue weighted by molar-refractivity contribution is 5.94. The molecule has 0 fully saturated rings. The molecule has 3 rings (SSSR count). The number of benzene rings is 1. The molecule has 0 bridgehead atoms. The predicted octanol–water partition coefficient (Wildman–Crippen LogP) is 3.89. The minimum absolute atomic E-state index is 0.178. The van der Waals surface area contributed by atoms with E-state index in [2.05, 4.69) is 17.0 Å². The van der Waals surface area contributed by atoms with Crippen molar-refractivity contribution in [2.45, 2.75) is 45.4 Å². The Balaban J connectivity index is 1.90. The van der Waals surface area contributed by atoms with Crippen molar-refractivity contribution in [1.29, 1.82) is 0 Å². The first-order chi connectivity index (χ1) is 15.0. The third-order valence-corrected chi connectivity index (χ3v) is 5.28. The molecule has 0 aliphatic carbocycles. The largest absolute Gasteiger partial charge is 0.478 e. The van der Waals surface area contributed by atoms with Crippen LogP contribution in [0.25, 0.3) is 11.3 Å². The number of nitrogens with zero attached hydrogens (tertiary/aromatic N) is 4. The zero-order valence-corrected chi connectivity index (χ0v) is 18.3. The highest BCUT2D eigenvalue weighted by Gasteiger charge is 2.35. The fourth-order valence-electron chi connectivity index (χ4n) is 3.54. The summed E-state index contributed by atoms with van der Waals surface area (Å²) in [6.07, 6.45) is 3.68. The number of rotatable bonds is 10. The molecule has 8 heteroatoms. The minimum Gasteiger partial charge on any atom is -0.478 e. The second-order valence-electron chi connectivity index (χ2n) is 7.17. The van der Waals surface area contributed by atoms with E-state index in [0.717, 1.165) is 29.9 Å². The summed E-state index contributed by atoms with van der Waals surface area (Å²) in [5.74, 6) is -0.632. The topological polar surface area (TPSA) is 99.4 Å². The third kappa shape index (κ3) is 4.65. The van der Waals surface area contributed by atoms with E-state index in [9.17, 15) is 9.90 Å². The number of ether oxygens (including phenoxy) is 2. The maximum absolute atomic E-state index is 11.5. The van der Waals surface area contributed by atoms with E-state index >= 15 is 0 Å². The van der Waals surface area contributed by atoms with Crippen LogP contribution in [0.1, 0.15) is 54.3 Å². The van der Waals surface area contributed by atoms with Gasteiger partial charge in [0, 0.05) is 45.4 Å². The van der Waals surface area contributed by atoms with Gasteiger partial charge in [0.05, 0.1) is 11.3 Å². The van der Waals surface area contributed by atoms with Crippen LogP contribution in [-0.4, -0.2) is 45.0 Å². The highest BCUT2D eigenvalue weighted by atomic mass is 16.7. The quantitative estimate of drug-likeness (QED) is 0.493. The highest BCUT2D eigenvalue weighted by Crippen LogP contribution is 2.28. The molecule has 2 aromatic heterocycles. The van der Waals surface area contributed by atoms with Crippen LogP contribution in [-0.2, 0) is 28.2 Å². The molecular weight excluding hydrogens is 396 g/mol. The zero-order chi connectivity index (χ0) is 22.4. The van der Waals surface area contributed by atoms with Crippen LogP contribution >= 0.6 is 0 Å². The Morgan fingerprint density at radius 3 is 2.42 bits per heavy atom. The maximum atomic E-state index is 11.5. The van der Waals surface area contributed by atoms with Gasteiger partial charge in [-0.05, 0) is 24.1 Å². The third-order valence-electron chi connectivity index (χ3n) is 5.28. The van der Waals surface area contributed by atoms with E-state index in [-0.39, 0.29) is 5.56 Å². The van der Waals surface area contributed by atoms with Crippen molar-refractivity contribution in [2.75, 3.05) is 14.2 Å². The molecule has 0 radical (unpaired) electrons. The van der Waals surface area contributed by atoms with Gasteiger partial charge in [-0.1, -0.05) is 38.1 Å². The maximum Gasteiger partial charge on any atom is 0.337 e. The van der Waals surface area contributed by atoms with Gasteiger partial charge in [-0.25, -0.2) is 14.5 Å². The number of aryl methyl sites for hydroxylation is 1. The summed E-state index contributed by atoms with van der Waals surface area (Å²) < 4.78 is 13.1. The molecule has 0 amide bonds. The lowest BCUT2D eigenvalue weighted by molar-refractivity contribution is -0.222. The lowest BCUT2D eigenvalue weighted by Crippen LogP contribution is -2.31. The molecule has 1 N–H and O–H groups in total. The van der Waals surface area contributed by atoms with E-state index in [1.165, 1.54) is 0 Å². The van der Waals surface area contributed by atoms with Crippen LogP contribution < -0.4 is 0 Å². The molecule has 0 unspecified atom stereocenters. The van der Waals surface area contributed by atoms with Crippen molar-refractivity contribution < 1.29 is 19.4 Å². The Kier molecular flexibility index (Phi) is 7.14. The van der Waals surface area contributed by atoms with Crippen molar-refractivity contribution in [3.05, 3.63) is 65.4 Å². The number of pyridine rings is 1. The van der Waals surface area contributed by atoms with E-state index < -0.39 is 11.8 Å². The molecule has 31 heavy (non-hydrogen) atoms. The van der Waals surface area contributed by atoms with Gasteiger partial charge in [-0.15, -0.1) is 0 Å². The number of hydrogen-bond acceptors (Lipinski definition) is 6. The number of carbonyl (C=O) groups is 1. The molecule has 164 valence electrons. The fourth-order valence-corrected chi connectivity index (χ4v) is 3.54. The van der Waals surface area contributed by atoms with Gasteiger partial charge in [-0.2, -0.15) is 5.10 Å². The molecule has 0 atom stereocenters. The number of aromatic nitrogens is 4. The number of carboxylic acid groups (broad SMARTS) is 1. The summed E-state index contributed by atoms with van der Waals surface area (Å²) in [4.78, 5) is 20.5. The van der Waals surface area contributed by atoms with Crippen molar-refractivity contribution in [2.24, 2.45) is 0 Å². The van der Waals surface area contributed by atoms with Crippen LogP contribution in [0.4, 0.5) is 0 Å². The minimum atomic E-state index is -0.997. The van der Waals surface area contributed by atoms with E-state index in [1.807, 2.05) is 35.9 Å².